The first-order chi connectivity index (χ1) is 14.6. The van der Waals surface area contributed by atoms with Gasteiger partial charge in [-0.15, -0.1) is 0 Å². The lowest BCUT2D eigenvalue weighted by atomic mass is 9.97. The van der Waals surface area contributed by atoms with Crippen molar-refractivity contribution >= 4 is 5.91 Å². The molecule has 1 aromatic heterocycles. The molecular formula is C25H25N3O2. The third-order valence-corrected chi connectivity index (χ3v) is 6.17. The summed E-state index contributed by atoms with van der Waals surface area (Å²) < 4.78 is 1.82. The van der Waals surface area contributed by atoms with Crippen LogP contribution < -0.4 is 5.56 Å². The largest absolute Gasteiger partial charge is 0.336 e. The maximum absolute atomic E-state index is 13.7. The molecule has 1 fully saturated rings. The van der Waals surface area contributed by atoms with E-state index in [0.29, 0.717) is 25.3 Å². The van der Waals surface area contributed by atoms with E-state index in [9.17, 15) is 9.59 Å². The van der Waals surface area contributed by atoms with Crippen LogP contribution in [-0.4, -0.2) is 26.9 Å². The van der Waals surface area contributed by atoms with Crippen LogP contribution in [0.5, 0.6) is 0 Å². The van der Waals surface area contributed by atoms with E-state index in [-0.39, 0.29) is 23.4 Å². The van der Waals surface area contributed by atoms with Crippen molar-refractivity contribution in [3.05, 3.63) is 99.2 Å². The molecule has 0 bridgehead atoms. The average Bonchev–Trinajstić information content (AvgIpc) is 3.62. The van der Waals surface area contributed by atoms with Crippen LogP contribution >= 0.6 is 0 Å². The van der Waals surface area contributed by atoms with Crippen LogP contribution in [0.15, 0.2) is 65.5 Å². The number of nitrogens with zero attached hydrogens (tertiary/aromatic N) is 3. The molecule has 2 aromatic carbocycles. The summed E-state index contributed by atoms with van der Waals surface area (Å²) in [7, 11) is 0. The van der Waals surface area contributed by atoms with Crippen LogP contribution in [0, 0.1) is 12.8 Å². The van der Waals surface area contributed by atoms with E-state index >= 15 is 0 Å². The minimum absolute atomic E-state index is 0.00808. The van der Waals surface area contributed by atoms with Gasteiger partial charge in [-0.25, -0.2) is 4.98 Å². The third-order valence-electron chi connectivity index (χ3n) is 6.17. The second kappa shape index (κ2) is 7.56. The molecule has 1 saturated carbocycles. The zero-order chi connectivity index (χ0) is 20.7. The van der Waals surface area contributed by atoms with Gasteiger partial charge in [-0.1, -0.05) is 60.7 Å². The minimum Gasteiger partial charge on any atom is -0.336 e. The highest BCUT2D eigenvalue weighted by Crippen LogP contribution is 2.33. The van der Waals surface area contributed by atoms with Crippen molar-refractivity contribution in [3.8, 4) is 0 Å². The molecule has 5 nitrogen and oxygen atoms in total. The molecule has 5 heteroatoms. The molecule has 0 spiro atoms. The predicted octanol–water partition coefficient (Wildman–Crippen LogP) is 3.48. The summed E-state index contributed by atoms with van der Waals surface area (Å²) in [5, 5.41) is 0. The number of rotatable bonds is 4. The summed E-state index contributed by atoms with van der Waals surface area (Å²) in [6.45, 7) is 2.94. The van der Waals surface area contributed by atoms with Gasteiger partial charge in [-0.3, -0.25) is 14.2 Å². The van der Waals surface area contributed by atoms with Crippen molar-refractivity contribution in [3.63, 3.8) is 0 Å². The number of aromatic nitrogens is 2. The molecule has 0 N–H and O–H groups in total. The Labute approximate surface area is 176 Å². The van der Waals surface area contributed by atoms with Crippen molar-refractivity contribution in [1.29, 1.82) is 0 Å². The highest BCUT2D eigenvalue weighted by molar-refractivity contribution is 5.81. The Hall–Kier alpha value is -3.21. The lowest BCUT2D eigenvalue weighted by molar-refractivity contribution is -0.133. The van der Waals surface area contributed by atoms with Gasteiger partial charge in [-0.05, 0) is 37.3 Å². The normalized spacial score (nSPS) is 15.9. The summed E-state index contributed by atoms with van der Waals surface area (Å²) in [4.78, 5) is 32.9. The van der Waals surface area contributed by atoms with Gasteiger partial charge in [0, 0.05) is 18.0 Å². The Kier molecular flexibility index (Phi) is 4.74. The average molecular weight is 399 g/mol. The number of carbonyl (C=O) groups is 1. The number of hydrogen-bond donors (Lipinski definition) is 0. The molecule has 30 heavy (non-hydrogen) atoms. The second-order valence-corrected chi connectivity index (χ2v) is 8.27. The van der Waals surface area contributed by atoms with Crippen molar-refractivity contribution in [2.75, 3.05) is 6.54 Å². The van der Waals surface area contributed by atoms with E-state index in [1.165, 1.54) is 0 Å². The molecule has 0 radical (unpaired) electrons. The van der Waals surface area contributed by atoms with Gasteiger partial charge in [0.25, 0.3) is 5.56 Å². The van der Waals surface area contributed by atoms with Crippen molar-refractivity contribution < 1.29 is 4.79 Å². The lowest BCUT2D eigenvalue weighted by Gasteiger charge is -2.30. The number of amides is 1. The zero-order valence-corrected chi connectivity index (χ0v) is 17.1. The standard InChI is InChI=1S/C25H25N3O2/c1-17-26-22-16-27(24(29)20-12-13-20)15-14-21(22)25(30)28(17)23(18-8-4-2-5-9-18)19-10-6-3-7-11-19/h2-11,20,23H,12-16H2,1H3. The van der Waals surface area contributed by atoms with Gasteiger partial charge < -0.3 is 4.90 Å². The predicted molar refractivity (Wildman–Crippen MR) is 115 cm³/mol. The first-order valence-electron chi connectivity index (χ1n) is 10.6. The maximum atomic E-state index is 13.7. The maximum Gasteiger partial charge on any atom is 0.257 e. The smallest absolute Gasteiger partial charge is 0.257 e. The van der Waals surface area contributed by atoms with E-state index in [2.05, 4.69) is 24.3 Å². The molecule has 152 valence electrons. The van der Waals surface area contributed by atoms with Crippen molar-refractivity contribution in [2.45, 2.75) is 38.8 Å². The van der Waals surface area contributed by atoms with Gasteiger partial charge in [-0.2, -0.15) is 0 Å². The van der Waals surface area contributed by atoms with Gasteiger partial charge in [0.2, 0.25) is 5.91 Å². The van der Waals surface area contributed by atoms with E-state index < -0.39 is 0 Å². The van der Waals surface area contributed by atoms with Crippen LogP contribution in [-0.2, 0) is 17.8 Å². The molecule has 3 aromatic rings. The van der Waals surface area contributed by atoms with E-state index in [0.717, 1.165) is 35.2 Å². The summed E-state index contributed by atoms with van der Waals surface area (Å²) in [6.07, 6.45) is 2.55. The molecule has 2 heterocycles. The fourth-order valence-corrected chi connectivity index (χ4v) is 4.46. The highest BCUT2D eigenvalue weighted by Gasteiger charge is 2.36. The second-order valence-electron chi connectivity index (χ2n) is 8.27. The molecular weight excluding hydrogens is 374 g/mol. The topological polar surface area (TPSA) is 55.2 Å². The first kappa shape index (κ1) is 18.8. The van der Waals surface area contributed by atoms with Gasteiger partial charge in [0.15, 0.2) is 0 Å². The van der Waals surface area contributed by atoms with Crippen LogP contribution in [0.2, 0.25) is 0 Å². The Bertz CT molecular complexity index is 1090. The quantitative estimate of drug-likeness (QED) is 0.675. The number of carbonyl (C=O) groups excluding carboxylic acids is 1. The fraction of sp³-hybridized carbons (Fsp3) is 0.320. The number of hydrogen-bond acceptors (Lipinski definition) is 3. The lowest BCUT2D eigenvalue weighted by Crippen LogP contribution is -2.42. The molecule has 0 unspecified atom stereocenters. The molecule has 5 rings (SSSR count). The third kappa shape index (κ3) is 3.34. The summed E-state index contributed by atoms with van der Waals surface area (Å²) in [5.74, 6) is 1.08. The SMILES string of the molecule is Cc1nc2c(c(=O)n1C(c1ccccc1)c1ccccc1)CCN(C(=O)C1CC1)C2. The summed E-state index contributed by atoms with van der Waals surface area (Å²) in [6, 6.07) is 19.9. The Morgan fingerprint density at radius 1 is 1.00 bits per heavy atom. The van der Waals surface area contributed by atoms with Gasteiger partial charge in [0.1, 0.15) is 5.82 Å². The van der Waals surface area contributed by atoms with Crippen LogP contribution in [0.25, 0.3) is 0 Å². The number of aryl methyl sites for hydroxylation is 1. The number of benzene rings is 2. The molecule has 0 saturated heterocycles. The fourth-order valence-electron chi connectivity index (χ4n) is 4.46. The Morgan fingerprint density at radius 2 is 1.60 bits per heavy atom. The van der Waals surface area contributed by atoms with Gasteiger partial charge >= 0.3 is 0 Å². The number of fused-ring (bicyclic) bond motifs is 1. The minimum atomic E-state index is -0.233. The molecule has 0 atom stereocenters. The summed E-state index contributed by atoms with van der Waals surface area (Å²) in [5.41, 5.74) is 3.62. The highest BCUT2D eigenvalue weighted by atomic mass is 16.2. The van der Waals surface area contributed by atoms with E-state index in [4.69, 9.17) is 4.98 Å². The monoisotopic (exact) mass is 399 g/mol. The van der Waals surface area contributed by atoms with Crippen LogP contribution in [0.4, 0.5) is 0 Å². The molecule has 1 aliphatic carbocycles. The van der Waals surface area contributed by atoms with Crippen LogP contribution in [0.3, 0.4) is 0 Å². The summed E-state index contributed by atoms with van der Waals surface area (Å²) >= 11 is 0. The van der Waals surface area contributed by atoms with Crippen LogP contribution in [0.1, 0.15) is 47.1 Å². The molecule has 1 aliphatic heterocycles. The van der Waals surface area contributed by atoms with Crippen molar-refractivity contribution in [2.24, 2.45) is 5.92 Å². The van der Waals surface area contributed by atoms with Gasteiger partial charge in [0.05, 0.1) is 18.3 Å². The Balaban J connectivity index is 1.60. The van der Waals surface area contributed by atoms with E-state index in [1.807, 2.05) is 52.8 Å². The molecule has 1 amide bonds. The van der Waals surface area contributed by atoms with E-state index in [1.54, 1.807) is 0 Å². The molecule has 2 aliphatic rings. The zero-order valence-electron chi connectivity index (χ0n) is 17.1. The Morgan fingerprint density at radius 3 is 2.17 bits per heavy atom. The van der Waals surface area contributed by atoms with Crippen molar-refractivity contribution in [1.82, 2.24) is 14.5 Å². The first-order valence-corrected chi connectivity index (χ1v) is 10.6.